The van der Waals surface area contributed by atoms with E-state index in [4.69, 9.17) is 35.5 Å². The smallest absolute Gasteiger partial charge is 0.338 e. The Balaban J connectivity index is 1.51. The molecule has 6 rings (SSSR count). The Morgan fingerprint density at radius 2 is 1.65 bits per heavy atom. The van der Waals surface area contributed by atoms with Crippen molar-refractivity contribution in [1.29, 1.82) is 0 Å². The average Bonchev–Trinajstić information content (AvgIpc) is 3.41. The number of carbonyl (C=O) groups excluding carboxylic acids is 1. The lowest BCUT2D eigenvalue weighted by molar-refractivity contribution is -0.138. The molecule has 0 saturated heterocycles. The molecular formula is C37H29Br2ClN2O6S. The van der Waals surface area contributed by atoms with Crippen molar-refractivity contribution in [2.45, 2.75) is 19.6 Å². The molecule has 0 saturated carbocycles. The minimum atomic E-state index is -0.869. The van der Waals surface area contributed by atoms with E-state index in [-0.39, 0.29) is 24.3 Å². The lowest BCUT2D eigenvalue weighted by atomic mass is 9.93. The van der Waals surface area contributed by atoms with Crippen molar-refractivity contribution < 1.29 is 23.7 Å². The van der Waals surface area contributed by atoms with Gasteiger partial charge in [-0.1, -0.05) is 77.5 Å². The predicted molar refractivity (Wildman–Crippen MR) is 198 cm³/mol. The fourth-order valence-electron chi connectivity index (χ4n) is 5.50. The Bertz CT molecular complexity index is 2250. The third-order valence-corrected chi connectivity index (χ3v) is 10.3. The van der Waals surface area contributed by atoms with Crippen LogP contribution in [-0.2, 0) is 16.1 Å². The van der Waals surface area contributed by atoms with Crippen LogP contribution in [0.4, 0.5) is 0 Å². The minimum Gasteiger partial charge on any atom is -0.493 e. The molecule has 0 N–H and O–H groups in total. The standard InChI is InChI=1S/C37H29Br2ClN2O6S/c1-4-47-36(44)31-32(22-10-6-5-7-11-22)41-37-42(33(31)23-14-15-28(45-2)29(19-23)46-3)35(43)30(49-37)18-21-16-25(38)34(26(39)17-21)48-20-24-12-8-9-13-27(24)40/h5-19,33H,4,20H2,1-3H3/b30-18-/t33-/m0/s1. The normalized spacial score (nSPS) is 14.2. The molecule has 1 aromatic heterocycles. The van der Waals surface area contributed by atoms with Gasteiger partial charge in [-0.25, -0.2) is 9.79 Å². The van der Waals surface area contributed by atoms with E-state index in [0.29, 0.717) is 57.4 Å². The molecule has 1 atom stereocenters. The number of benzene rings is 4. The van der Waals surface area contributed by atoms with Gasteiger partial charge in [0.25, 0.3) is 5.56 Å². The van der Waals surface area contributed by atoms with Crippen molar-refractivity contribution >= 4 is 72.5 Å². The molecule has 49 heavy (non-hydrogen) atoms. The van der Waals surface area contributed by atoms with Crippen LogP contribution in [0, 0.1) is 0 Å². The third-order valence-electron chi connectivity index (χ3n) is 7.75. The van der Waals surface area contributed by atoms with Gasteiger partial charge in [0.1, 0.15) is 12.4 Å². The zero-order valence-electron chi connectivity index (χ0n) is 26.5. The first-order valence-electron chi connectivity index (χ1n) is 15.1. The van der Waals surface area contributed by atoms with Gasteiger partial charge in [0, 0.05) is 16.1 Å². The molecule has 2 heterocycles. The highest BCUT2D eigenvalue weighted by Crippen LogP contribution is 2.39. The number of carbonyl (C=O) groups is 1. The summed E-state index contributed by atoms with van der Waals surface area (Å²) in [5.41, 5.74) is 3.29. The number of aromatic nitrogens is 1. The van der Waals surface area contributed by atoms with Gasteiger partial charge in [-0.05, 0) is 86.3 Å². The second-order valence-electron chi connectivity index (χ2n) is 10.7. The van der Waals surface area contributed by atoms with Crippen LogP contribution in [0.25, 0.3) is 11.8 Å². The largest absolute Gasteiger partial charge is 0.493 e. The summed E-state index contributed by atoms with van der Waals surface area (Å²) in [4.78, 5) is 33.5. The zero-order valence-corrected chi connectivity index (χ0v) is 31.3. The van der Waals surface area contributed by atoms with Crippen LogP contribution in [0.5, 0.6) is 17.2 Å². The lowest BCUT2D eigenvalue weighted by Crippen LogP contribution is -2.40. The first-order chi connectivity index (χ1) is 23.7. The summed E-state index contributed by atoms with van der Waals surface area (Å²) in [7, 11) is 3.08. The molecule has 250 valence electrons. The van der Waals surface area contributed by atoms with Crippen LogP contribution in [0.2, 0.25) is 5.02 Å². The topological polar surface area (TPSA) is 88.4 Å². The summed E-state index contributed by atoms with van der Waals surface area (Å²) in [6, 6.07) is 25.1. The second kappa shape index (κ2) is 15.2. The van der Waals surface area contributed by atoms with Crippen LogP contribution in [-0.4, -0.2) is 31.4 Å². The molecule has 5 aromatic rings. The zero-order chi connectivity index (χ0) is 34.7. The lowest BCUT2D eigenvalue weighted by Gasteiger charge is -2.26. The molecule has 0 unspecified atom stereocenters. The Labute approximate surface area is 308 Å². The van der Waals surface area contributed by atoms with Crippen molar-refractivity contribution in [2.75, 3.05) is 20.8 Å². The summed E-state index contributed by atoms with van der Waals surface area (Å²) in [6.07, 6.45) is 1.79. The van der Waals surface area contributed by atoms with Crippen molar-refractivity contribution in [1.82, 2.24) is 4.57 Å². The van der Waals surface area contributed by atoms with Crippen LogP contribution >= 0.6 is 54.8 Å². The second-order valence-corrected chi connectivity index (χ2v) is 13.9. The molecule has 0 amide bonds. The molecule has 0 spiro atoms. The molecule has 0 fully saturated rings. The Morgan fingerprint density at radius 1 is 0.959 bits per heavy atom. The molecular weight excluding hydrogens is 796 g/mol. The van der Waals surface area contributed by atoms with Crippen LogP contribution in [0.3, 0.4) is 0 Å². The van der Waals surface area contributed by atoms with Crippen molar-refractivity contribution in [3.8, 4) is 17.2 Å². The van der Waals surface area contributed by atoms with Gasteiger partial charge in [0.05, 0.1) is 51.6 Å². The van der Waals surface area contributed by atoms with E-state index in [9.17, 15) is 9.59 Å². The molecule has 8 nitrogen and oxygen atoms in total. The predicted octanol–water partition coefficient (Wildman–Crippen LogP) is 7.71. The Kier molecular flexibility index (Phi) is 10.7. The maximum Gasteiger partial charge on any atom is 0.338 e. The number of thiazole rings is 1. The van der Waals surface area contributed by atoms with Crippen LogP contribution in [0.1, 0.15) is 35.2 Å². The van der Waals surface area contributed by atoms with Gasteiger partial charge >= 0.3 is 5.97 Å². The van der Waals surface area contributed by atoms with Gasteiger partial charge in [-0.3, -0.25) is 9.36 Å². The number of hydrogen-bond donors (Lipinski definition) is 0. The minimum absolute atomic E-state index is 0.148. The summed E-state index contributed by atoms with van der Waals surface area (Å²) in [5, 5.41) is 0.620. The third kappa shape index (κ3) is 7.12. The summed E-state index contributed by atoms with van der Waals surface area (Å²) >= 11 is 14.8. The van der Waals surface area contributed by atoms with Crippen LogP contribution in [0.15, 0.2) is 109 Å². The number of methoxy groups -OCH3 is 2. The van der Waals surface area contributed by atoms with Crippen molar-refractivity contribution in [2.24, 2.45) is 4.99 Å². The highest BCUT2D eigenvalue weighted by atomic mass is 79.9. The number of fused-ring (bicyclic) bond motifs is 1. The van der Waals surface area contributed by atoms with Crippen molar-refractivity contribution in [3.63, 3.8) is 0 Å². The Hall–Kier alpha value is -4.16. The maximum atomic E-state index is 14.4. The van der Waals surface area contributed by atoms with Gasteiger partial charge < -0.3 is 18.9 Å². The number of rotatable bonds is 10. The van der Waals surface area contributed by atoms with Gasteiger partial charge in [0.15, 0.2) is 16.3 Å². The van der Waals surface area contributed by atoms with E-state index in [1.54, 1.807) is 36.8 Å². The van der Waals surface area contributed by atoms with Gasteiger partial charge in [-0.2, -0.15) is 0 Å². The fourth-order valence-corrected chi connectivity index (χ4v) is 8.14. The molecule has 4 aromatic carbocycles. The number of halogens is 3. The first kappa shape index (κ1) is 34.7. The summed E-state index contributed by atoms with van der Waals surface area (Å²) in [5.74, 6) is 0.993. The molecule has 12 heteroatoms. The van der Waals surface area contributed by atoms with E-state index in [0.717, 1.165) is 11.1 Å². The molecule has 1 aliphatic rings. The first-order valence-corrected chi connectivity index (χ1v) is 17.9. The van der Waals surface area contributed by atoms with E-state index >= 15 is 0 Å². The highest BCUT2D eigenvalue weighted by molar-refractivity contribution is 9.11. The molecule has 0 radical (unpaired) electrons. The fraction of sp³-hybridized carbons (Fsp3) is 0.162. The van der Waals surface area contributed by atoms with Gasteiger partial charge in [0.2, 0.25) is 0 Å². The number of ether oxygens (including phenoxy) is 4. The van der Waals surface area contributed by atoms with E-state index < -0.39 is 12.0 Å². The SMILES string of the molecule is CCOC(=O)C1=C(c2ccccc2)N=c2s/c(=C\c3cc(Br)c(OCc4ccccc4Cl)c(Br)c3)c(=O)n2[C@H]1c1ccc(OC)c(OC)c1. The summed E-state index contributed by atoms with van der Waals surface area (Å²) in [6.45, 7) is 2.16. The van der Waals surface area contributed by atoms with Gasteiger partial charge in [-0.15, -0.1) is 0 Å². The summed E-state index contributed by atoms with van der Waals surface area (Å²) < 4.78 is 26.1. The van der Waals surface area contributed by atoms with Crippen LogP contribution < -0.4 is 29.1 Å². The highest BCUT2D eigenvalue weighted by Gasteiger charge is 2.35. The van der Waals surface area contributed by atoms with E-state index in [2.05, 4.69) is 31.9 Å². The average molecular weight is 825 g/mol. The molecule has 0 bridgehead atoms. The number of nitrogens with zero attached hydrogens (tertiary/aromatic N) is 2. The maximum absolute atomic E-state index is 14.4. The van der Waals surface area contributed by atoms with E-state index in [1.807, 2.05) is 72.8 Å². The molecule has 0 aliphatic carbocycles. The van der Waals surface area contributed by atoms with E-state index in [1.165, 1.54) is 18.4 Å². The Morgan fingerprint density at radius 3 is 2.33 bits per heavy atom. The number of esters is 1. The molecule has 1 aliphatic heterocycles. The quantitative estimate of drug-likeness (QED) is 0.134. The number of hydrogen-bond acceptors (Lipinski definition) is 8. The van der Waals surface area contributed by atoms with Crippen molar-refractivity contribution in [3.05, 3.63) is 146 Å². The monoisotopic (exact) mass is 822 g/mol.